The molecule has 0 spiro atoms. The van der Waals surface area contributed by atoms with Crippen LogP contribution in [0.25, 0.3) is 0 Å². The Bertz CT molecular complexity index is 641. The van der Waals surface area contributed by atoms with Crippen LogP contribution in [0, 0.1) is 6.92 Å². The first kappa shape index (κ1) is 13.1. The van der Waals surface area contributed by atoms with E-state index in [2.05, 4.69) is 20.0 Å². The van der Waals surface area contributed by atoms with Crippen molar-refractivity contribution in [3.05, 3.63) is 28.7 Å². The van der Waals surface area contributed by atoms with Gasteiger partial charge in [-0.3, -0.25) is 9.78 Å². The predicted octanol–water partition coefficient (Wildman–Crippen LogP) is 0.584. The fourth-order valence-electron chi connectivity index (χ4n) is 1.50. The summed E-state index contributed by atoms with van der Waals surface area (Å²) in [6.45, 7) is 1.96. The minimum Gasteiger partial charge on any atom is -0.283 e. The molecule has 2 rings (SSSR count). The molecular formula is C9H12ClN5O2S. The number of H-pyrrole nitrogens is 1. The van der Waals surface area contributed by atoms with Crippen LogP contribution in [0.2, 0.25) is 5.02 Å². The van der Waals surface area contributed by atoms with Gasteiger partial charge in [0.1, 0.15) is 0 Å². The van der Waals surface area contributed by atoms with Gasteiger partial charge in [0.25, 0.3) is 10.0 Å². The van der Waals surface area contributed by atoms with E-state index in [1.165, 1.54) is 17.9 Å². The van der Waals surface area contributed by atoms with Crippen LogP contribution in [-0.4, -0.2) is 28.4 Å². The van der Waals surface area contributed by atoms with Gasteiger partial charge in [-0.1, -0.05) is 11.6 Å². The minimum absolute atomic E-state index is 0.0506. The summed E-state index contributed by atoms with van der Waals surface area (Å²) in [6, 6.07) is 0. The third-order valence-corrected chi connectivity index (χ3v) is 4.39. The van der Waals surface area contributed by atoms with Crippen molar-refractivity contribution in [1.29, 1.82) is 0 Å². The minimum atomic E-state index is -3.69. The van der Waals surface area contributed by atoms with Gasteiger partial charge >= 0.3 is 0 Å². The van der Waals surface area contributed by atoms with Gasteiger partial charge in [-0.25, -0.2) is 13.1 Å². The number of sulfonamides is 1. The number of aryl methyl sites for hydroxylation is 2. The van der Waals surface area contributed by atoms with Crippen molar-refractivity contribution in [2.75, 3.05) is 0 Å². The first-order chi connectivity index (χ1) is 8.42. The van der Waals surface area contributed by atoms with Gasteiger partial charge in [-0.2, -0.15) is 10.2 Å². The molecule has 0 bridgehead atoms. The van der Waals surface area contributed by atoms with E-state index >= 15 is 0 Å². The topological polar surface area (TPSA) is 92.7 Å². The number of rotatable bonds is 4. The zero-order chi connectivity index (χ0) is 13.3. The highest BCUT2D eigenvalue weighted by Crippen LogP contribution is 2.19. The molecule has 7 nitrogen and oxygen atoms in total. The van der Waals surface area contributed by atoms with Crippen molar-refractivity contribution in [2.45, 2.75) is 18.5 Å². The molecular weight excluding hydrogens is 278 g/mol. The van der Waals surface area contributed by atoms with Gasteiger partial charge in [0.05, 0.1) is 17.4 Å². The molecule has 0 radical (unpaired) electrons. The molecule has 0 saturated heterocycles. The van der Waals surface area contributed by atoms with Crippen molar-refractivity contribution >= 4 is 21.6 Å². The number of hydrogen-bond acceptors (Lipinski definition) is 4. The van der Waals surface area contributed by atoms with Gasteiger partial charge < -0.3 is 0 Å². The highest BCUT2D eigenvalue weighted by atomic mass is 35.5. The summed E-state index contributed by atoms with van der Waals surface area (Å²) < 4.78 is 27.8. The van der Waals surface area contributed by atoms with Crippen molar-refractivity contribution < 1.29 is 8.42 Å². The Morgan fingerprint density at radius 1 is 1.50 bits per heavy atom. The molecule has 0 atom stereocenters. The lowest BCUT2D eigenvalue weighted by atomic mass is 10.3. The van der Waals surface area contributed by atoms with Gasteiger partial charge in [0.15, 0.2) is 5.03 Å². The molecule has 9 heteroatoms. The fraction of sp³-hybridized carbons (Fsp3) is 0.333. The second kappa shape index (κ2) is 4.71. The standard InChI is InChI=1S/C9H12ClN5O2S/c1-6-7(3-11-14-6)4-13-18(16,17)9-8(10)5-12-15(9)2/h3,5,13H,4H2,1-2H3,(H,11,14). The lowest BCUT2D eigenvalue weighted by Crippen LogP contribution is -2.25. The van der Waals surface area contributed by atoms with E-state index in [-0.39, 0.29) is 16.6 Å². The molecule has 0 amide bonds. The van der Waals surface area contributed by atoms with E-state index in [0.717, 1.165) is 11.3 Å². The average Bonchev–Trinajstić information content (AvgIpc) is 2.83. The van der Waals surface area contributed by atoms with E-state index in [4.69, 9.17) is 11.6 Å². The molecule has 2 N–H and O–H groups in total. The fourth-order valence-corrected chi connectivity index (χ4v) is 3.15. The lowest BCUT2D eigenvalue weighted by molar-refractivity contribution is 0.563. The zero-order valence-corrected chi connectivity index (χ0v) is 11.4. The van der Waals surface area contributed by atoms with E-state index in [9.17, 15) is 8.42 Å². The van der Waals surface area contributed by atoms with Gasteiger partial charge in [-0.05, 0) is 6.92 Å². The highest BCUT2D eigenvalue weighted by Gasteiger charge is 2.22. The van der Waals surface area contributed by atoms with Crippen molar-refractivity contribution in [1.82, 2.24) is 24.7 Å². The Morgan fingerprint density at radius 3 is 2.72 bits per heavy atom. The summed E-state index contributed by atoms with van der Waals surface area (Å²) in [5, 5.41) is 10.4. The van der Waals surface area contributed by atoms with Gasteiger partial charge in [-0.15, -0.1) is 0 Å². The Hall–Kier alpha value is -1.38. The number of aromatic amines is 1. The summed E-state index contributed by atoms with van der Waals surface area (Å²) in [6.07, 6.45) is 2.86. The molecule has 0 saturated carbocycles. The first-order valence-electron chi connectivity index (χ1n) is 5.08. The van der Waals surface area contributed by atoms with E-state index in [0.29, 0.717) is 0 Å². The molecule has 0 aliphatic rings. The third-order valence-electron chi connectivity index (χ3n) is 2.48. The maximum Gasteiger partial charge on any atom is 0.259 e. The lowest BCUT2D eigenvalue weighted by Gasteiger charge is -2.06. The molecule has 2 aromatic heterocycles. The van der Waals surface area contributed by atoms with Crippen LogP contribution in [-0.2, 0) is 23.6 Å². The predicted molar refractivity (Wildman–Crippen MR) is 65.6 cm³/mol. The second-order valence-electron chi connectivity index (χ2n) is 3.77. The molecule has 2 aromatic rings. The number of halogens is 1. The first-order valence-corrected chi connectivity index (χ1v) is 6.94. The van der Waals surface area contributed by atoms with Crippen LogP contribution in [0.4, 0.5) is 0 Å². The van der Waals surface area contributed by atoms with Gasteiger partial charge in [0.2, 0.25) is 0 Å². The quantitative estimate of drug-likeness (QED) is 0.861. The van der Waals surface area contributed by atoms with E-state index < -0.39 is 10.0 Å². The Labute approximate surface area is 109 Å². The second-order valence-corrected chi connectivity index (χ2v) is 5.86. The monoisotopic (exact) mass is 289 g/mol. The normalized spacial score (nSPS) is 11.9. The van der Waals surface area contributed by atoms with Crippen molar-refractivity contribution in [3.63, 3.8) is 0 Å². The highest BCUT2D eigenvalue weighted by molar-refractivity contribution is 7.89. The molecule has 0 aromatic carbocycles. The smallest absolute Gasteiger partial charge is 0.259 e. The number of nitrogens with one attached hydrogen (secondary N) is 2. The molecule has 0 unspecified atom stereocenters. The van der Waals surface area contributed by atoms with Crippen LogP contribution in [0.1, 0.15) is 11.3 Å². The summed E-state index contributed by atoms with van der Waals surface area (Å²) >= 11 is 5.80. The van der Waals surface area contributed by atoms with Crippen molar-refractivity contribution in [2.24, 2.45) is 7.05 Å². The zero-order valence-electron chi connectivity index (χ0n) is 9.81. The summed E-state index contributed by atoms with van der Waals surface area (Å²) in [4.78, 5) is 0. The van der Waals surface area contributed by atoms with Crippen LogP contribution in [0.3, 0.4) is 0 Å². The molecule has 0 aliphatic carbocycles. The molecule has 18 heavy (non-hydrogen) atoms. The van der Waals surface area contributed by atoms with Crippen LogP contribution < -0.4 is 4.72 Å². The maximum atomic E-state index is 12.1. The van der Waals surface area contributed by atoms with Crippen LogP contribution in [0.15, 0.2) is 17.4 Å². The Kier molecular flexibility index (Phi) is 3.42. The molecule has 98 valence electrons. The third kappa shape index (κ3) is 2.40. The average molecular weight is 290 g/mol. The molecule has 2 heterocycles. The van der Waals surface area contributed by atoms with Gasteiger partial charge in [0, 0.05) is 24.8 Å². The van der Waals surface area contributed by atoms with Crippen LogP contribution in [0.5, 0.6) is 0 Å². The number of aromatic nitrogens is 4. The molecule has 0 aliphatic heterocycles. The molecule has 0 fully saturated rings. The maximum absolute atomic E-state index is 12.1. The van der Waals surface area contributed by atoms with Crippen molar-refractivity contribution in [3.8, 4) is 0 Å². The number of hydrogen-bond donors (Lipinski definition) is 2. The summed E-state index contributed by atoms with van der Waals surface area (Å²) in [5.41, 5.74) is 1.59. The summed E-state index contributed by atoms with van der Waals surface area (Å²) in [5.74, 6) is 0. The Balaban J connectivity index is 2.21. The van der Waals surface area contributed by atoms with E-state index in [1.54, 1.807) is 6.20 Å². The SMILES string of the molecule is Cc1[nH]ncc1CNS(=O)(=O)c1c(Cl)cnn1C. The largest absolute Gasteiger partial charge is 0.283 e. The van der Waals surface area contributed by atoms with Crippen LogP contribution >= 0.6 is 11.6 Å². The van der Waals surface area contributed by atoms with E-state index in [1.807, 2.05) is 6.92 Å². The summed E-state index contributed by atoms with van der Waals surface area (Å²) in [7, 11) is -2.18. The Morgan fingerprint density at radius 2 is 2.22 bits per heavy atom. The number of nitrogens with zero attached hydrogens (tertiary/aromatic N) is 3.